The van der Waals surface area contributed by atoms with Crippen LogP contribution in [0.3, 0.4) is 0 Å². The summed E-state index contributed by atoms with van der Waals surface area (Å²) in [5, 5.41) is 9.44. The molecule has 0 saturated heterocycles. The van der Waals surface area contributed by atoms with Crippen LogP contribution in [0.5, 0.6) is 0 Å². The normalized spacial score (nSPS) is 15.2. The molecule has 0 spiro atoms. The van der Waals surface area contributed by atoms with Crippen LogP contribution in [0.1, 0.15) is 20.3 Å². The van der Waals surface area contributed by atoms with E-state index in [1.807, 2.05) is 0 Å². The molecular weight excluding hydrogens is 144 g/mol. The lowest BCUT2D eigenvalue weighted by Gasteiger charge is -2.19. The van der Waals surface area contributed by atoms with Crippen molar-refractivity contribution in [3.8, 4) is 0 Å². The van der Waals surface area contributed by atoms with Crippen LogP contribution in [0.2, 0.25) is 0 Å². The van der Waals surface area contributed by atoms with Crippen molar-refractivity contribution >= 4 is 5.97 Å². The second-order valence-electron chi connectivity index (χ2n) is 2.20. The van der Waals surface area contributed by atoms with Crippen molar-refractivity contribution in [3.63, 3.8) is 0 Å². The van der Waals surface area contributed by atoms with E-state index in [9.17, 15) is 9.90 Å². The van der Waals surface area contributed by atoms with E-state index in [4.69, 9.17) is 0 Å². The van der Waals surface area contributed by atoms with Crippen LogP contribution in [0.15, 0.2) is 12.7 Å². The highest BCUT2D eigenvalue weighted by molar-refractivity contribution is 5.81. The topological polar surface area (TPSA) is 46.5 Å². The maximum atomic E-state index is 11.0. The summed E-state index contributed by atoms with van der Waals surface area (Å²) >= 11 is 0. The van der Waals surface area contributed by atoms with Gasteiger partial charge in [0, 0.05) is 0 Å². The molecule has 1 unspecified atom stereocenters. The van der Waals surface area contributed by atoms with Crippen molar-refractivity contribution in [1.29, 1.82) is 0 Å². The number of ether oxygens (including phenoxy) is 1. The summed E-state index contributed by atoms with van der Waals surface area (Å²) in [4.78, 5) is 11.0. The van der Waals surface area contributed by atoms with Crippen LogP contribution in [0, 0.1) is 0 Å². The standard InChI is InChI=1S/C8H14O3/c1-4-8(10,5-2)7(9)11-6-3/h4,10H,1,5-6H2,2-3H3. The number of rotatable bonds is 4. The molecule has 1 N–H and O–H groups in total. The molecule has 0 amide bonds. The monoisotopic (exact) mass is 158 g/mol. The highest BCUT2D eigenvalue weighted by Crippen LogP contribution is 2.12. The number of carbonyl (C=O) groups is 1. The fraction of sp³-hybridized carbons (Fsp3) is 0.625. The Kier molecular flexibility index (Phi) is 3.82. The van der Waals surface area contributed by atoms with E-state index in [1.54, 1.807) is 13.8 Å². The van der Waals surface area contributed by atoms with E-state index in [0.29, 0.717) is 0 Å². The van der Waals surface area contributed by atoms with Crippen molar-refractivity contribution in [2.75, 3.05) is 6.61 Å². The molecule has 0 aromatic carbocycles. The summed E-state index contributed by atoms with van der Waals surface area (Å²) in [5.41, 5.74) is -1.50. The van der Waals surface area contributed by atoms with Crippen LogP contribution in [-0.2, 0) is 9.53 Å². The van der Waals surface area contributed by atoms with Gasteiger partial charge in [-0.2, -0.15) is 0 Å². The summed E-state index contributed by atoms with van der Waals surface area (Å²) in [6, 6.07) is 0. The quantitative estimate of drug-likeness (QED) is 0.488. The van der Waals surface area contributed by atoms with Gasteiger partial charge in [-0.25, -0.2) is 4.79 Å². The first-order valence-electron chi connectivity index (χ1n) is 3.64. The van der Waals surface area contributed by atoms with Gasteiger partial charge in [-0.3, -0.25) is 0 Å². The fourth-order valence-corrected chi connectivity index (χ4v) is 0.628. The zero-order chi connectivity index (χ0) is 8.91. The lowest BCUT2D eigenvalue weighted by molar-refractivity contribution is -0.160. The van der Waals surface area contributed by atoms with E-state index in [1.165, 1.54) is 6.08 Å². The van der Waals surface area contributed by atoms with Crippen LogP contribution < -0.4 is 0 Å². The average Bonchev–Trinajstić information content (AvgIpc) is 2.03. The molecule has 0 aliphatic rings. The van der Waals surface area contributed by atoms with Crippen molar-refractivity contribution < 1.29 is 14.6 Å². The number of hydrogen-bond donors (Lipinski definition) is 1. The Labute approximate surface area is 66.7 Å². The summed E-state index contributed by atoms with van der Waals surface area (Å²) in [7, 11) is 0. The molecule has 64 valence electrons. The number of hydrogen-bond acceptors (Lipinski definition) is 3. The molecule has 1 atom stereocenters. The predicted molar refractivity (Wildman–Crippen MR) is 42.1 cm³/mol. The summed E-state index contributed by atoms with van der Waals surface area (Å²) in [5.74, 6) is -0.627. The zero-order valence-electron chi connectivity index (χ0n) is 6.96. The van der Waals surface area contributed by atoms with Crippen molar-refractivity contribution in [2.24, 2.45) is 0 Å². The van der Waals surface area contributed by atoms with Gasteiger partial charge in [0.1, 0.15) is 0 Å². The summed E-state index contributed by atoms with van der Waals surface area (Å²) in [6.45, 7) is 7.01. The minimum absolute atomic E-state index is 0.273. The van der Waals surface area contributed by atoms with Gasteiger partial charge in [0.15, 0.2) is 5.60 Å². The molecule has 0 aliphatic carbocycles. The van der Waals surface area contributed by atoms with Crippen molar-refractivity contribution in [1.82, 2.24) is 0 Å². The smallest absolute Gasteiger partial charge is 0.342 e. The number of carbonyl (C=O) groups excluding carboxylic acids is 1. The second kappa shape index (κ2) is 4.13. The van der Waals surface area contributed by atoms with E-state index < -0.39 is 11.6 Å². The molecule has 0 aromatic heterocycles. The molecule has 0 rings (SSSR count). The Hall–Kier alpha value is -0.830. The van der Waals surface area contributed by atoms with Gasteiger partial charge < -0.3 is 9.84 Å². The minimum Gasteiger partial charge on any atom is -0.464 e. The van der Waals surface area contributed by atoms with Crippen LogP contribution >= 0.6 is 0 Å². The van der Waals surface area contributed by atoms with Crippen LogP contribution in [0.25, 0.3) is 0 Å². The Morgan fingerprint density at radius 1 is 1.73 bits per heavy atom. The van der Waals surface area contributed by atoms with Crippen LogP contribution in [0.4, 0.5) is 0 Å². The molecule has 0 aromatic rings. The van der Waals surface area contributed by atoms with Crippen molar-refractivity contribution in [3.05, 3.63) is 12.7 Å². The van der Waals surface area contributed by atoms with Gasteiger partial charge in [0.2, 0.25) is 0 Å². The molecule has 0 fully saturated rings. The molecule has 3 heteroatoms. The van der Waals surface area contributed by atoms with Gasteiger partial charge in [0.05, 0.1) is 6.61 Å². The molecule has 3 nitrogen and oxygen atoms in total. The third-order valence-corrected chi connectivity index (χ3v) is 1.51. The van der Waals surface area contributed by atoms with Gasteiger partial charge in [0.25, 0.3) is 0 Å². The lowest BCUT2D eigenvalue weighted by Crippen LogP contribution is -2.37. The predicted octanol–water partition coefficient (Wildman–Crippen LogP) is 0.877. The molecule has 0 heterocycles. The van der Waals surface area contributed by atoms with E-state index in [-0.39, 0.29) is 13.0 Å². The minimum atomic E-state index is -1.50. The van der Waals surface area contributed by atoms with Crippen LogP contribution in [-0.4, -0.2) is 23.3 Å². The molecule has 11 heavy (non-hydrogen) atoms. The van der Waals surface area contributed by atoms with Crippen molar-refractivity contribution in [2.45, 2.75) is 25.9 Å². The third-order valence-electron chi connectivity index (χ3n) is 1.51. The SMILES string of the molecule is C=CC(O)(CC)C(=O)OCC. The Morgan fingerprint density at radius 2 is 2.27 bits per heavy atom. The van der Waals surface area contributed by atoms with Gasteiger partial charge in [-0.1, -0.05) is 13.5 Å². The van der Waals surface area contributed by atoms with E-state index in [2.05, 4.69) is 11.3 Å². The summed E-state index contributed by atoms with van der Waals surface area (Å²) in [6.07, 6.45) is 1.49. The van der Waals surface area contributed by atoms with E-state index >= 15 is 0 Å². The molecule has 0 saturated carbocycles. The first kappa shape index (κ1) is 10.2. The first-order valence-corrected chi connectivity index (χ1v) is 3.64. The number of esters is 1. The van der Waals surface area contributed by atoms with Gasteiger partial charge in [-0.05, 0) is 19.4 Å². The zero-order valence-corrected chi connectivity index (χ0v) is 6.96. The van der Waals surface area contributed by atoms with Gasteiger partial charge >= 0.3 is 5.97 Å². The molecule has 0 bridgehead atoms. The largest absolute Gasteiger partial charge is 0.464 e. The Morgan fingerprint density at radius 3 is 2.55 bits per heavy atom. The lowest BCUT2D eigenvalue weighted by atomic mass is 10.0. The first-order chi connectivity index (χ1) is 5.10. The second-order valence-corrected chi connectivity index (χ2v) is 2.20. The summed E-state index contributed by atoms with van der Waals surface area (Å²) < 4.78 is 4.63. The van der Waals surface area contributed by atoms with Gasteiger partial charge in [-0.15, -0.1) is 0 Å². The maximum Gasteiger partial charge on any atom is 0.342 e. The molecule has 0 radical (unpaired) electrons. The van der Waals surface area contributed by atoms with E-state index in [0.717, 1.165) is 0 Å². The average molecular weight is 158 g/mol. The Balaban J connectivity index is 4.24. The molecular formula is C8H14O3. The Bertz CT molecular complexity index is 153. The fourth-order valence-electron chi connectivity index (χ4n) is 0.628. The molecule has 0 aliphatic heterocycles. The maximum absolute atomic E-state index is 11.0. The number of aliphatic hydroxyl groups is 1. The highest BCUT2D eigenvalue weighted by atomic mass is 16.5. The highest BCUT2D eigenvalue weighted by Gasteiger charge is 2.31. The third kappa shape index (κ3) is 2.35.